The predicted octanol–water partition coefficient (Wildman–Crippen LogP) is 3.50. The van der Waals surface area contributed by atoms with Crippen LogP contribution in [0.2, 0.25) is 0 Å². The lowest BCUT2D eigenvalue weighted by Gasteiger charge is -2.20. The maximum absolute atomic E-state index is 13.6. The smallest absolute Gasteiger partial charge is 0.211 e. The zero-order chi connectivity index (χ0) is 16.1. The van der Waals surface area contributed by atoms with E-state index in [9.17, 15) is 22.0 Å². The van der Waals surface area contributed by atoms with Crippen molar-refractivity contribution in [2.75, 3.05) is 0 Å². The molecule has 1 aliphatic carbocycles. The first-order valence-electron chi connectivity index (χ1n) is 6.56. The largest absolute Gasteiger partial charge is 0.459 e. The normalized spacial score (nSPS) is 16.1. The van der Waals surface area contributed by atoms with Gasteiger partial charge < -0.3 is 0 Å². The second kappa shape index (κ2) is 4.72. The van der Waals surface area contributed by atoms with E-state index >= 15 is 0 Å². The molecule has 0 N–H and O–H groups in total. The molecule has 118 valence electrons. The lowest BCUT2D eigenvalue weighted by atomic mass is 10.2. The molecule has 1 saturated carbocycles. The summed E-state index contributed by atoms with van der Waals surface area (Å²) in [4.78, 5) is 0. The number of aromatic nitrogens is 4. The predicted molar refractivity (Wildman–Crippen MR) is 65.8 cm³/mol. The van der Waals surface area contributed by atoms with Crippen LogP contribution in [-0.4, -0.2) is 26.2 Å². The summed E-state index contributed by atoms with van der Waals surface area (Å²) in [5.41, 5.74) is -0.533. The fraction of sp³-hybridized carbons (Fsp3) is 0.462. The number of rotatable bonds is 3. The molecular formula is C13H11F5N4. The molecule has 2 heterocycles. The van der Waals surface area contributed by atoms with Crippen LogP contribution in [0.3, 0.4) is 0 Å². The van der Waals surface area contributed by atoms with Gasteiger partial charge in [0, 0.05) is 5.92 Å². The summed E-state index contributed by atoms with van der Waals surface area (Å²) in [6.45, 7) is 1.33. The SMILES string of the molecule is Cc1cc(C(F)(F)C(F)(F)F)n(-c2ccc(C3CC3)nn2)n1. The van der Waals surface area contributed by atoms with Gasteiger partial charge in [-0.3, -0.25) is 0 Å². The molecule has 4 nitrogen and oxygen atoms in total. The molecule has 22 heavy (non-hydrogen) atoms. The first kappa shape index (κ1) is 14.9. The second-order valence-corrected chi connectivity index (χ2v) is 5.25. The minimum Gasteiger partial charge on any atom is -0.211 e. The standard InChI is InChI=1S/C13H11F5N4/c1-7-6-10(12(14,15)13(16,17)18)22(21-7)11-5-4-9(19-20-11)8-2-3-8/h4-6,8H,2-3H2,1H3. The maximum atomic E-state index is 13.6. The van der Waals surface area contributed by atoms with Crippen LogP contribution in [-0.2, 0) is 5.92 Å². The molecule has 1 fully saturated rings. The third kappa shape index (κ3) is 2.44. The van der Waals surface area contributed by atoms with Gasteiger partial charge in [0.1, 0.15) is 5.69 Å². The van der Waals surface area contributed by atoms with E-state index < -0.39 is 17.8 Å². The Morgan fingerprint density at radius 2 is 1.77 bits per heavy atom. The molecule has 0 spiro atoms. The van der Waals surface area contributed by atoms with E-state index in [4.69, 9.17) is 0 Å². The lowest BCUT2D eigenvalue weighted by Crippen LogP contribution is -2.35. The van der Waals surface area contributed by atoms with Crippen LogP contribution in [0.4, 0.5) is 22.0 Å². The average Bonchev–Trinajstić information content (AvgIpc) is 3.20. The molecule has 0 aromatic carbocycles. The molecule has 0 aliphatic heterocycles. The Hall–Kier alpha value is -2.06. The van der Waals surface area contributed by atoms with E-state index in [-0.39, 0.29) is 11.5 Å². The van der Waals surface area contributed by atoms with Crippen molar-refractivity contribution in [1.29, 1.82) is 0 Å². The monoisotopic (exact) mass is 318 g/mol. The van der Waals surface area contributed by atoms with Crippen molar-refractivity contribution in [2.45, 2.75) is 37.8 Å². The lowest BCUT2D eigenvalue weighted by molar-refractivity contribution is -0.291. The van der Waals surface area contributed by atoms with Crippen LogP contribution in [0.25, 0.3) is 5.82 Å². The first-order chi connectivity index (χ1) is 10.2. The third-order valence-electron chi connectivity index (χ3n) is 3.39. The van der Waals surface area contributed by atoms with Gasteiger partial charge in [-0.2, -0.15) is 32.1 Å². The Morgan fingerprint density at radius 3 is 2.27 bits per heavy atom. The number of aryl methyl sites for hydroxylation is 1. The molecule has 0 amide bonds. The minimum atomic E-state index is -5.71. The zero-order valence-electron chi connectivity index (χ0n) is 11.4. The van der Waals surface area contributed by atoms with Crippen LogP contribution < -0.4 is 0 Å². The van der Waals surface area contributed by atoms with Crippen LogP contribution >= 0.6 is 0 Å². The summed E-state index contributed by atoms with van der Waals surface area (Å²) < 4.78 is 65.4. The van der Waals surface area contributed by atoms with Crippen molar-refractivity contribution < 1.29 is 22.0 Å². The topological polar surface area (TPSA) is 43.6 Å². The number of hydrogen-bond acceptors (Lipinski definition) is 3. The summed E-state index contributed by atoms with van der Waals surface area (Å²) in [5, 5.41) is 11.3. The van der Waals surface area contributed by atoms with Crippen LogP contribution in [0, 0.1) is 6.92 Å². The highest BCUT2D eigenvalue weighted by Crippen LogP contribution is 2.44. The molecule has 0 bridgehead atoms. The molecular weight excluding hydrogens is 307 g/mol. The summed E-state index contributed by atoms with van der Waals surface area (Å²) in [6, 6.07) is 3.62. The molecule has 1 aliphatic rings. The van der Waals surface area contributed by atoms with Crippen LogP contribution in [0.5, 0.6) is 0 Å². The molecule has 3 rings (SSSR count). The average molecular weight is 318 g/mol. The molecule has 2 aromatic rings. The van der Waals surface area contributed by atoms with Gasteiger partial charge in [0.25, 0.3) is 0 Å². The van der Waals surface area contributed by atoms with E-state index in [1.807, 2.05) is 0 Å². The van der Waals surface area contributed by atoms with Gasteiger partial charge in [0.05, 0.1) is 11.4 Å². The minimum absolute atomic E-state index is 0.0343. The van der Waals surface area contributed by atoms with Crippen molar-refractivity contribution in [3.63, 3.8) is 0 Å². The summed E-state index contributed by atoms with van der Waals surface area (Å²) in [5.74, 6) is -4.89. The van der Waals surface area contributed by atoms with E-state index in [2.05, 4.69) is 15.3 Å². The Balaban J connectivity index is 2.04. The van der Waals surface area contributed by atoms with Crippen molar-refractivity contribution >= 4 is 0 Å². The summed E-state index contributed by atoms with van der Waals surface area (Å²) >= 11 is 0. The molecule has 2 aromatic heterocycles. The van der Waals surface area contributed by atoms with Gasteiger partial charge in [-0.15, -0.1) is 5.10 Å². The number of halogens is 5. The molecule has 0 saturated heterocycles. The van der Waals surface area contributed by atoms with Gasteiger partial charge in [-0.1, -0.05) is 0 Å². The Labute approximate surface area is 122 Å². The fourth-order valence-corrected chi connectivity index (χ4v) is 2.09. The summed E-state index contributed by atoms with van der Waals surface area (Å²) in [6.07, 6.45) is -3.75. The third-order valence-corrected chi connectivity index (χ3v) is 3.39. The van der Waals surface area contributed by atoms with Gasteiger partial charge in [-0.25, -0.2) is 4.68 Å². The Bertz CT molecular complexity index is 685. The number of alkyl halides is 5. The van der Waals surface area contributed by atoms with Crippen molar-refractivity contribution in [1.82, 2.24) is 20.0 Å². The number of nitrogens with zero attached hydrogens (tertiary/aromatic N) is 4. The summed E-state index contributed by atoms with van der Waals surface area (Å²) in [7, 11) is 0. The Kier molecular flexibility index (Phi) is 3.19. The second-order valence-electron chi connectivity index (χ2n) is 5.25. The first-order valence-corrected chi connectivity index (χ1v) is 6.56. The van der Waals surface area contributed by atoms with Gasteiger partial charge >= 0.3 is 12.1 Å². The van der Waals surface area contributed by atoms with Crippen LogP contribution in [0.1, 0.15) is 35.8 Å². The number of hydrogen-bond donors (Lipinski definition) is 0. The highest BCUT2D eigenvalue weighted by atomic mass is 19.4. The van der Waals surface area contributed by atoms with E-state index in [1.54, 1.807) is 6.07 Å². The quantitative estimate of drug-likeness (QED) is 0.814. The van der Waals surface area contributed by atoms with Crippen molar-refractivity contribution in [2.24, 2.45) is 0 Å². The van der Waals surface area contributed by atoms with Gasteiger partial charge in [0.15, 0.2) is 5.82 Å². The fourth-order valence-electron chi connectivity index (χ4n) is 2.09. The molecule has 0 unspecified atom stereocenters. The maximum Gasteiger partial charge on any atom is 0.459 e. The highest BCUT2D eigenvalue weighted by Gasteiger charge is 2.61. The highest BCUT2D eigenvalue weighted by molar-refractivity contribution is 5.29. The van der Waals surface area contributed by atoms with Gasteiger partial charge in [0.2, 0.25) is 0 Å². The van der Waals surface area contributed by atoms with Gasteiger partial charge in [-0.05, 0) is 38.0 Å². The van der Waals surface area contributed by atoms with E-state index in [1.165, 1.54) is 13.0 Å². The molecule has 0 radical (unpaired) electrons. The van der Waals surface area contributed by atoms with Crippen LogP contribution in [0.15, 0.2) is 18.2 Å². The van der Waals surface area contributed by atoms with Crippen molar-refractivity contribution in [3.8, 4) is 5.82 Å². The molecule has 0 atom stereocenters. The van der Waals surface area contributed by atoms with E-state index in [0.717, 1.165) is 12.8 Å². The molecule has 9 heteroatoms. The zero-order valence-corrected chi connectivity index (χ0v) is 11.4. The van der Waals surface area contributed by atoms with Crippen molar-refractivity contribution in [3.05, 3.63) is 35.3 Å². The Morgan fingerprint density at radius 1 is 1.09 bits per heavy atom. The van der Waals surface area contributed by atoms with E-state index in [0.29, 0.717) is 22.4 Å².